The molecule has 9 heteroatoms. The van der Waals surface area contributed by atoms with Crippen LogP contribution >= 0.6 is 11.8 Å². The van der Waals surface area contributed by atoms with E-state index in [1.807, 2.05) is 0 Å². The molecule has 0 radical (unpaired) electrons. The maximum Gasteiger partial charge on any atom is 0.327 e. The minimum atomic E-state index is -1.49. The largest absolute Gasteiger partial charge is 0.504 e. The number of para-hydroxylation sites is 2. The van der Waals surface area contributed by atoms with Crippen molar-refractivity contribution in [2.75, 3.05) is 5.32 Å². The van der Waals surface area contributed by atoms with Gasteiger partial charge in [0.15, 0.2) is 16.2 Å². The molecule has 0 aliphatic carbocycles. The van der Waals surface area contributed by atoms with Crippen LogP contribution in [0.4, 0.5) is 10.5 Å². The van der Waals surface area contributed by atoms with Gasteiger partial charge in [-0.25, -0.2) is 9.78 Å². The van der Waals surface area contributed by atoms with Crippen LogP contribution in [0.25, 0.3) is 0 Å². The van der Waals surface area contributed by atoms with E-state index < -0.39 is 22.8 Å². The van der Waals surface area contributed by atoms with Crippen molar-refractivity contribution in [1.29, 1.82) is 0 Å². The highest BCUT2D eigenvalue weighted by Gasteiger charge is 2.58. The van der Waals surface area contributed by atoms with Gasteiger partial charge >= 0.3 is 12.0 Å². The lowest BCUT2D eigenvalue weighted by Crippen LogP contribution is -2.48. The minimum absolute atomic E-state index is 0.00376. The number of benzene rings is 2. The molecule has 2 aliphatic heterocycles. The van der Waals surface area contributed by atoms with Crippen molar-refractivity contribution in [3.8, 4) is 17.2 Å². The number of urea groups is 1. The highest BCUT2D eigenvalue weighted by Crippen LogP contribution is 2.60. The van der Waals surface area contributed by atoms with Crippen molar-refractivity contribution in [3.63, 3.8) is 0 Å². The van der Waals surface area contributed by atoms with Crippen LogP contribution in [0.1, 0.15) is 22.7 Å². The molecule has 31 heavy (non-hydrogen) atoms. The Kier molecular flexibility index (Phi) is 4.30. The third-order valence-corrected chi connectivity index (χ3v) is 6.91. The molecule has 2 unspecified atom stereocenters. The lowest BCUT2D eigenvalue weighted by molar-refractivity contribution is -0.141. The summed E-state index contributed by atoms with van der Waals surface area (Å²) in [6.45, 7) is 1.79. The number of aliphatic carboxylic acids is 1. The Hall–Kier alpha value is -3.72. The van der Waals surface area contributed by atoms with Crippen LogP contribution in [-0.4, -0.2) is 27.2 Å². The molecule has 0 spiro atoms. The molecule has 0 saturated carbocycles. The number of pyridine rings is 1. The van der Waals surface area contributed by atoms with Crippen molar-refractivity contribution in [2.24, 2.45) is 0 Å². The lowest BCUT2D eigenvalue weighted by Gasteiger charge is -2.35. The van der Waals surface area contributed by atoms with Crippen LogP contribution in [0.3, 0.4) is 0 Å². The van der Waals surface area contributed by atoms with Crippen LogP contribution < -0.4 is 15.4 Å². The Morgan fingerprint density at radius 2 is 2.03 bits per heavy atom. The molecule has 2 aliphatic rings. The fourth-order valence-electron chi connectivity index (χ4n) is 4.08. The molecule has 2 aromatic carbocycles. The number of aryl methyl sites for hydroxylation is 1. The van der Waals surface area contributed by atoms with Crippen LogP contribution in [-0.2, 0) is 9.54 Å². The Bertz CT molecular complexity index is 1250. The molecule has 3 heterocycles. The summed E-state index contributed by atoms with van der Waals surface area (Å²) in [5, 5.41) is 26.4. The number of nitrogens with zero attached hydrogens (tertiary/aromatic N) is 1. The summed E-state index contributed by atoms with van der Waals surface area (Å²) in [6, 6.07) is 12.1. The van der Waals surface area contributed by atoms with Crippen molar-refractivity contribution >= 4 is 29.4 Å². The molecule has 156 valence electrons. The van der Waals surface area contributed by atoms with E-state index in [1.165, 1.54) is 6.07 Å². The Morgan fingerprint density at radius 1 is 1.23 bits per heavy atom. The van der Waals surface area contributed by atoms with Gasteiger partial charge < -0.3 is 25.6 Å². The number of amides is 2. The third-order valence-electron chi connectivity index (χ3n) is 5.44. The van der Waals surface area contributed by atoms with Gasteiger partial charge in [-0.1, -0.05) is 30.0 Å². The average Bonchev–Trinajstić information content (AvgIpc) is 3.06. The number of phenols is 1. The number of carboxylic acids is 1. The van der Waals surface area contributed by atoms with E-state index >= 15 is 0 Å². The summed E-state index contributed by atoms with van der Waals surface area (Å²) in [4.78, 5) is 29.3. The number of rotatable bonds is 4. The monoisotopic (exact) mass is 435 g/mol. The first kappa shape index (κ1) is 19.3. The number of carbonyl (C=O) groups excluding carboxylic acids is 1. The van der Waals surface area contributed by atoms with E-state index in [1.54, 1.807) is 55.6 Å². The minimum Gasteiger partial charge on any atom is -0.504 e. The van der Waals surface area contributed by atoms with Gasteiger partial charge in [-0.3, -0.25) is 4.79 Å². The molecular formula is C22H17N3O5S. The molecule has 5 rings (SSSR count). The number of aromatic hydroxyl groups is 1. The van der Waals surface area contributed by atoms with Crippen molar-refractivity contribution in [1.82, 2.24) is 10.3 Å². The lowest BCUT2D eigenvalue weighted by atomic mass is 9.83. The van der Waals surface area contributed by atoms with Gasteiger partial charge in [0.1, 0.15) is 10.8 Å². The van der Waals surface area contributed by atoms with E-state index in [9.17, 15) is 19.8 Å². The molecule has 2 amide bonds. The van der Waals surface area contributed by atoms with Crippen molar-refractivity contribution in [2.45, 2.75) is 22.7 Å². The highest BCUT2D eigenvalue weighted by atomic mass is 32.2. The van der Waals surface area contributed by atoms with E-state index in [2.05, 4.69) is 15.6 Å². The van der Waals surface area contributed by atoms with Gasteiger partial charge in [-0.2, -0.15) is 0 Å². The molecule has 0 saturated heterocycles. The fourth-order valence-corrected chi connectivity index (χ4v) is 5.56. The van der Waals surface area contributed by atoms with E-state index in [4.69, 9.17) is 4.74 Å². The summed E-state index contributed by atoms with van der Waals surface area (Å²) >= 11 is 1.11. The van der Waals surface area contributed by atoms with Crippen molar-refractivity contribution in [3.05, 3.63) is 71.4 Å². The quantitative estimate of drug-likeness (QED) is 0.486. The second kappa shape index (κ2) is 6.92. The predicted octanol–water partition coefficient (Wildman–Crippen LogP) is 4.15. The average molecular weight is 435 g/mol. The van der Waals surface area contributed by atoms with Crippen LogP contribution in [0, 0.1) is 6.92 Å². The number of aromatic nitrogens is 1. The number of carboxylic acid groups (broad SMARTS) is 1. The number of thioether (sulfide) groups is 1. The van der Waals surface area contributed by atoms with Gasteiger partial charge in [0.25, 0.3) is 0 Å². The van der Waals surface area contributed by atoms with Gasteiger partial charge in [-0.15, -0.1) is 0 Å². The second-order valence-electron chi connectivity index (χ2n) is 7.30. The predicted molar refractivity (Wildman–Crippen MR) is 114 cm³/mol. The Balaban J connectivity index is 1.59. The molecule has 0 fully saturated rings. The number of hydrogen-bond acceptors (Lipinski definition) is 6. The van der Waals surface area contributed by atoms with E-state index in [-0.39, 0.29) is 5.75 Å². The van der Waals surface area contributed by atoms with Gasteiger partial charge in [0.05, 0.1) is 11.7 Å². The molecule has 3 aromatic rings. The number of carbonyl (C=O) groups is 2. The Morgan fingerprint density at radius 3 is 2.77 bits per heavy atom. The summed E-state index contributed by atoms with van der Waals surface area (Å²) in [6.07, 6.45) is 1.55. The number of anilines is 1. The zero-order valence-corrected chi connectivity index (χ0v) is 17.1. The zero-order chi connectivity index (χ0) is 21.8. The maximum absolute atomic E-state index is 12.7. The smallest absolute Gasteiger partial charge is 0.327 e. The van der Waals surface area contributed by atoms with Gasteiger partial charge in [0, 0.05) is 11.8 Å². The first-order valence-electron chi connectivity index (χ1n) is 9.46. The molecule has 2 atom stereocenters. The molecule has 0 bridgehead atoms. The topological polar surface area (TPSA) is 121 Å². The molecule has 1 aromatic heterocycles. The summed E-state index contributed by atoms with van der Waals surface area (Å²) < 4.78 is 4.28. The number of ether oxygens (including phenoxy) is 1. The maximum atomic E-state index is 12.7. The Labute approximate surface area is 181 Å². The van der Waals surface area contributed by atoms with Crippen LogP contribution in [0.2, 0.25) is 0 Å². The summed E-state index contributed by atoms with van der Waals surface area (Å²) in [7, 11) is 0. The third kappa shape index (κ3) is 2.89. The second-order valence-corrected chi connectivity index (χ2v) is 8.53. The van der Waals surface area contributed by atoms with Crippen molar-refractivity contribution < 1.29 is 24.5 Å². The van der Waals surface area contributed by atoms with Gasteiger partial charge in [-0.05, 0) is 48.4 Å². The number of hydrogen-bond donors (Lipinski definition) is 4. The fraction of sp³-hybridized carbons (Fsp3) is 0.136. The molecule has 8 nitrogen and oxygen atoms in total. The standard InChI is InChI=1S/C22H17N3O5S/c1-11-10-12(30-16-5-3-2-4-15(16)26)6-7-13(11)22(20(27)28)18-17-14(24-21(29)25-18)8-9-23-19(17)31-22/h2-10,18,26H,1H3,(H,27,28)(H2,24,25,29). The SMILES string of the molecule is Cc1cc(Oc2ccccc2O)ccc1C1(C(=O)O)Sc2nccc3c2C1NC(=O)N3. The first-order chi connectivity index (χ1) is 14.9. The summed E-state index contributed by atoms with van der Waals surface area (Å²) in [5.74, 6) is -0.322. The van der Waals surface area contributed by atoms with Crippen LogP contribution in [0.15, 0.2) is 59.8 Å². The van der Waals surface area contributed by atoms with E-state index in [0.717, 1.165) is 11.8 Å². The first-order valence-corrected chi connectivity index (χ1v) is 10.3. The zero-order valence-electron chi connectivity index (χ0n) is 16.2. The number of phenolic OH excluding ortho intramolecular Hbond substituents is 1. The molecular weight excluding hydrogens is 418 g/mol. The summed E-state index contributed by atoms with van der Waals surface area (Å²) in [5.41, 5.74) is 2.44. The highest BCUT2D eigenvalue weighted by molar-refractivity contribution is 8.01. The molecule has 4 N–H and O–H groups in total. The van der Waals surface area contributed by atoms with Crippen LogP contribution in [0.5, 0.6) is 17.2 Å². The van der Waals surface area contributed by atoms with Gasteiger partial charge in [0.2, 0.25) is 0 Å². The number of nitrogens with one attached hydrogen (secondary N) is 2. The normalized spacial score (nSPS) is 21.1. The van der Waals surface area contributed by atoms with E-state index in [0.29, 0.717) is 38.9 Å².